The predicted molar refractivity (Wildman–Crippen MR) is 115 cm³/mol. The van der Waals surface area contributed by atoms with Crippen molar-refractivity contribution < 1.29 is 0 Å². The summed E-state index contributed by atoms with van der Waals surface area (Å²) in [5.41, 5.74) is 9.50. The summed E-state index contributed by atoms with van der Waals surface area (Å²) in [6, 6.07) is 6.54. The van der Waals surface area contributed by atoms with E-state index in [2.05, 4.69) is 90.9 Å². The molecule has 136 valence electrons. The summed E-state index contributed by atoms with van der Waals surface area (Å²) in [6.07, 6.45) is 3.87. The van der Waals surface area contributed by atoms with Crippen molar-refractivity contribution in [3.8, 4) is 0 Å². The normalized spacial score (nSPS) is 11.7. The average molecular weight is 338 g/mol. The third kappa shape index (κ3) is 7.43. The highest BCUT2D eigenvalue weighted by Crippen LogP contribution is 2.22. The van der Waals surface area contributed by atoms with Crippen LogP contribution in [0.25, 0.3) is 0 Å². The van der Waals surface area contributed by atoms with E-state index >= 15 is 0 Å². The van der Waals surface area contributed by atoms with E-state index < -0.39 is 0 Å². The molecule has 0 aromatic heterocycles. The van der Waals surface area contributed by atoms with Gasteiger partial charge in [-0.2, -0.15) is 0 Å². The first-order chi connectivity index (χ1) is 11.7. The molecule has 0 unspecified atom stereocenters. The number of benzene rings is 1. The van der Waals surface area contributed by atoms with Gasteiger partial charge in [-0.05, 0) is 81.9 Å². The molecule has 1 rings (SSSR count). The zero-order valence-electron chi connectivity index (χ0n) is 17.2. The zero-order valence-corrected chi connectivity index (χ0v) is 17.2. The molecule has 0 radical (unpaired) electrons. The fourth-order valence-corrected chi connectivity index (χ4v) is 2.19. The van der Waals surface area contributed by atoms with Crippen molar-refractivity contribution in [3.05, 3.63) is 94.8 Å². The summed E-state index contributed by atoms with van der Waals surface area (Å²) < 4.78 is 0. The van der Waals surface area contributed by atoms with Gasteiger partial charge < -0.3 is 5.32 Å². The Balaban J connectivity index is 0.00000178. The van der Waals surface area contributed by atoms with Gasteiger partial charge in [-0.25, -0.2) is 0 Å². The lowest BCUT2D eigenvalue weighted by Crippen LogP contribution is -2.14. The molecule has 25 heavy (non-hydrogen) atoms. The average Bonchev–Trinajstić information content (AvgIpc) is 2.60. The van der Waals surface area contributed by atoms with Gasteiger partial charge in [0.1, 0.15) is 0 Å². The first-order valence-electron chi connectivity index (χ1n) is 8.75. The highest BCUT2D eigenvalue weighted by atomic mass is 14.9. The second kappa shape index (κ2) is 11.3. The Morgan fingerprint density at radius 2 is 1.56 bits per heavy atom. The van der Waals surface area contributed by atoms with E-state index in [0.29, 0.717) is 0 Å². The van der Waals surface area contributed by atoms with E-state index in [-0.39, 0.29) is 0 Å². The molecule has 1 heteroatoms. The standard InChI is InChI=1S/C21H29N.C3H6/c1-9-14(2)17(5)18(6)19(7)20(8)22-13-21-11-10-15(3)16(4)12-21;1-3-2/h9-12,22H,7-8,13H2,1-6H3;3H,1H2,2H3/b14-9-,18-17+;. The molecule has 1 nitrogen and oxygen atoms in total. The second-order valence-corrected chi connectivity index (χ2v) is 6.36. The maximum Gasteiger partial charge on any atom is 0.0400 e. The Morgan fingerprint density at radius 3 is 2.04 bits per heavy atom. The van der Waals surface area contributed by atoms with Crippen molar-refractivity contribution >= 4 is 0 Å². The molecular weight excluding hydrogens is 302 g/mol. The minimum Gasteiger partial charge on any atom is -0.381 e. The van der Waals surface area contributed by atoms with Crippen LogP contribution in [-0.2, 0) is 6.54 Å². The van der Waals surface area contributed by atoms with Crippen molar-refractivity contribution in [1.82, 2.24) is 5.32 Å². The maximum absolute atomic E-state index is 4.19. The molecule has 0 amide bonds. The number of hydrogen-bond acceptors (Lipinski definition) is 1. The van der Waals surface area contributed by atoms with Crippen molar-refractivity contribution in [2.45, 2.75) is 55.0 Å². The predicted octanol–water partition coefficient (Wildman–Crippen LogP) is 6.96. The van der Waals surface area contributed by atoms with Crippen LogP contribution in [0.5, 0.6) is 0 Å². The monoisotopic (exact) mass is 337 g/mol. The molecule has 0 aliphatic rings. The summed E-state index contributed by atoms with van der Waals surface area (Å²) >= 11 is 0. The summed E-state index contributed by atoms with van der Waals surface area (Å²) in [5.74, 6) is 0. The Morgan fingerprint density at radius 1 is 1.00 bits per heavy atom. The highest BCUT2D eigenvalue weighted by Gasteiger charge is 2.07. The topological polar surface area (TPSA) is 12.0 Å². The molecule has 0 aliphatic heterocycles. The Kier molecular flexibility index (Phi) is 10.3. The quantitative estimate of drug-likeness (QED) is 0.437. The molecule has 0 bridgehead atoms. The Hall–Kier alpha value is -2.28. The Bertz CT molecular complexity index is 684. The molecule has 1 aromatic rings. The van der Waals surface area contributed by atoms with Gasteiger partial charge in [-0.3, -0.25) is 0 Å². The lowest BCUT2D eigenvalue weighted by atomic mass is 9.97. The van der Waals surface area contributed by atoms with Gasteiger partial charge in [0.2, 0.25) is 0 Å². The molecule has 1 aromatic carbocycles. The van der Waals surface area contributed by atoms with Gasteiger partial charge in [0.25, 0.3) is 0 Å². The molecule has 0 atom stereocenters. The van der Waals surface area contributed by atoms with E-state index in [4.69, 9.17) is 0 Å². The molecular formula is C24H35N. The van der Waals surface area contributed by atoms with Crippen molar-refractivity contribution in [1.29, 1.82) is 0 Å². The number of rotatable bonds is 6. The first-order valence-corrected chi connectivity index (χ1v) is 8.75. The smallest absolute Gasteiger partial charge is 0.0400 e. The number of aryl methyl sites for hydroxylation is 2. The summed E-state index contributed by atoms with van der Waals surface area (Å²) in [6.45, 7) is 27.0. The third-order valence-electron chi connectivity index (χ3n) is 4.48. The van der Waals surface area contributed by atoms with Crippen LogP contribution in [0.4, 0.5) is 0 Å². The fraction of sp³-hybridized carbons (Fsp3) is 0.333. The van der Waals surface area contributed by atoms with Crippen LogP contribution in [0.15, 0.2) is 78.1 Å². The van der Waals surface area contributed by atoms with Crippen LogP contribution in [0.2, 0.25) is 0 Å². The van der Waals surface area contributed by atoms with Gasteiger partial charge in [0.05, 0.1) is 0 Å². The minimum atomic E-state index is 0.772. The molecule has 0 heterocycles. The Labute approximate surface area is 155 Å². The summed E-state index contributed by atoms with van der Waals surface area (Å²) in [5, 5.41) is 3.39. The highest BCUT2D eigenvalue weighted by molar-refractivity contribution is 5.48. The largest absolute Gasteiger partial charge is 0.381 e. The minimum absolute atomic E-state index is 0.772. The van der Waals surface area contributed by atoms with Gasteiger partial charge in [0, 0.05) is 12.2 Å². The third-order valence-corrected chi connectivity index (χ3v) is 4.48. The van der Waals surface area contributed by atoms with E-state index in [1.165, 1.54) is 33.4 Å². The molecule has 0 fully saturated rings. The van der Waals surface area contributed by atoms with E-state index in [9.17, 15) is 0 Å². The van der Waals surface area contributed by atoms with Crippen LogP contribution < -0.4 is 5.32 Å². The lowest BCUT2D eigenvalue weighted by Gasteiger charge is -2.16. The number of nitrogens with one attached hydrogen (secondary N) is 1. The maximum atomic E-state index is 4.19. The van der Waals surface area contributed by atoms with E-state index in [0.717, 1.165) is 17.8 Å². The van der Waals surface area contributed by atoms with Crippen molar-refractivity contribution in [2.75, 3.05) is 0 Å². The van der Waals surface area contributed by atoms with Crippen LogP contribution >= 0.6 is 0 Å². The summed E-state index contributed by atoms with van der Waals surface area (Å²) in [7, 11) is 0. The van der Waals surface area contributed by atoms with Crippen LogP contribution in [0.1, 0.15) is 51.3 Å². The van der Waals surface area contributed by atoms with E-state index in [1.807, 2.05) is 6.92 Å². The van der Waals surface area contributed by atoms with Gasteiger partial charge in [-0.15, -0.1) is 6.58 Å². The van der Waals surface area contributed by atoms with Crippen molar-refractivity contribution in [3.63, 3.8) is 0 Å². The van der Waals surface area contributed by atoms with Crippen molar-refractivity contribution in [2.24, 2.45) is 0 Å². The molecule has 0 saturated heterocycles. The van der Waals surface area contributed by atoms with Gasteiger partial charge in [0.15, 0.2) is 0 Å². The SMILES string of the molecule is C=C(NCc1ccc(C)c(C)c1)C(=C)/C(C)=C(C)/C(C)=C\C.C=CC. The van der Waals surface area contributed by atoms with Crippen LogP contribution in [0.3, 0.4) is 0 Å². The van der Waals surface area contributed by atoms with Gasteiger partial charge in [-0.1, -0.05) is 49.1 Å². The fourth-order valence-electron chi connectivity index (χ4n) is 2.19. The molecule has 0 saturated carbocycles. The number of allylic oxidation sites excluding steroid dienone is 5. The van der Waals surface area contributed by atoms with E-state index in [1.54, 1.807) is 6.08 Å². The number of hydrogen-bond donors (Lipinski definition) is 1. The molecule has 1 N–H and O–H groups in total. The van der Waals surface area contributed by atoms with Crippen LogP contribution in [0, 0.1) is 13.8 Å². The van der Waals surface area contributed by atoms with Crippen LogP contribution in [-0.4, -0.2) is 0 Å². The molecule has 0 spiro atoms. The van der Waals surface area contributed by atoms with Gasteiger partial charge >= 0.3 is 0 Å². The summed E-state index contributed by atoms with van der Waals surface area (Å²) in [4.78, 5) is 0. The zero-order chi connectivity index (χ0) is 19.6. The second-order valence-electron chi connectivity index (χ2n) is 6.36. The first kappa shape index (κ1) is 22.7. The molecule has 0 aliphatic carbocycles. The lowest BCUT2D eigenvalue weighted by molar-refractivity contribution is 0.823.